The second kappa shape index (κ2) is 6.77. The van der Waals surface area contributed by atoms with E-state index >= 15 is 0 Å². The van der Waals surface area contributed by atoms with Gasteiger partial charge in [0.2, 0.25) is 0 Å². The van der Waals surface area contributed by atoms with Gasteiger partial charge in [-0.15, -0.1) is 0 Å². The molecule has 0 saturated heterocycles. The van der Waals surface area contributed by atoms with Crippen LogP contribution in [0.4, 0.5) is 10.5 Å². The second-order valence-corrected chi connectivity index (χ2v) is 4.34. The van der Waals surface area contributed by atoms with Gasteiger partial charge in [-0.05, 0) is 24.3 Å². The Morgan fingerprint density at radius 3 is 2.90 bits per heavy atom. The van der Waals surface area contributed by atoms with Crippen molar-refractivity contribution in [3.63, 3.8) is 0 Å². The second-order valence-electron chi connectivity index (χ2n) is 3.90. The van der Waals surface area contributed by atoms with Gasteiger partial charge in [-0.1, -0.05) is 17.7 Å². The Morgan fingerprint density at radius 2 is 2.20 bits per heavy atom. The summed E-state index contributed by atoms with van der Waals surface area (Å²) in [5.74, 6) is 0.621. The molecule has 0 spiro atoms. The van der Waals surface area contributed by atoms with Crippen molar-refractivity contribution in [1.29, 1.82) is 0 Å². The van der Waals surface area contributed by atoms with E-state index in [9.17, 15) is 4.79 Å². The summed E-state index contributed by atoms with van der Waals surface area (Å²) >= 11 is 5.76. The first-order chi connectivity index (χ1) is 9.67. The fraction of sp³-hybridized carbons (Fsp3) is 0.143. The largest absolute Gasteiger partial charge is 0.487 e. The molecular formula is C14H13ClN2O3. The molecule has 2 aromatic rings. The highest BCUT2D eigenvalue weighted by atomic mass is 35.5. The standard InChI is InChI=1S/C14H13ClN2O3/c1-19-14(18)17-11-3-2-4-13(7-11)20-9-12-6-5-10(15)8-16-12/h2-8H,9H2,1H3,(H,17,18). The van der Waals surface area contributed by atoms with Crippen LogP contribution >= 0.6 is 11.6 Å². The van der Waals surface area contributed by atoms with E-state index in [2.05, 4.69) is 15.0 Å². The van der Waals surface area contributed by atoms with Crippen LogP contribution in [0.2, 0.25) is 5.02 Å². The van der Waals surface area contributed by atoms with Crippen LogP contribution in [0.15, 0.2) is 42.6 Å². The van der Waals surface area contributed by atoms with Crippen molar-refractivity contribution in [3.05, 3.63) is 53.3 Å². The number of carbonyl (C=O) groups is 1. The third-order valence-corrected chi connectivity index (χ3v) is 2.66. The lowest BCUT2D eigenvalue weighted by atomic mass is 10.3. The maximum atomic E-state index is 11.1. The number of halogens is 1. The van der Waals surface area contributed by atoms with Crippen LogP contribution in [0.1, 0.15) is 5.69 Å². The van der Waals surface area contributed by atoms with E-state index in [4.69, 9.17) is 16.3 Å². The SMILES string of the molecule is COC(=O)Nc1cccc(OCc2ccc(Cl)cn2)c1. The Balaban J connectivity index is 1.97. The van der Waals surface area contributed by atoms with Crippen LogP contribution in [-0.2, 0) is 11.3 Å². The van der Waals surface area contributed by atoms with Crippen molar-refractivity contribution in [2.45, 2.75) is 6.61 Å². The number of ether oxygens (including phenoxy) is 2. The van der Waals surface area contributed by atoms with E-state index in [1.54, 1.807) is 42.6 Å². The van der Waals surface area contributed by atoms with Gasteiger partial charge in [0.1, 0.15) is 12.4 Å². The van der Waals surface area contributed by atoms with Crippen molar-refractivity contribution < 1.29 is 14.3 Å². The minimum Gasteiger partial charge on any atom is -0.487 e. The number of anilines is 1. The van der Waals surface area contributed by atoms with Gasteiger partial charge in [-0.25, -0.2) is 4.79 Å². The van der Waals surface area contributed by atoms with Crippen LogP contribution in [0.25, 0.3) is 0 Å². The number of nitrogens with zero attached hydrogens (tertiary/aromatic N) is 1. The molecule has 1 heterocycles. The molecule has 104 valence electrons. The van der Waals surface area contributed by atoms with Crippen LogP contribution in [0, 0.1) is 0 Å². The molecule has 6 heteroatoms. The molecule has 1 aromatic heterocycles. The smallest absolute Gasteiger partial charge is 0.411 e. The first-order valence-electron chi connectivity index (χ1n) is 5.85. The lowest BCUT2D eigenvalue weighted by Gasteiger charge is -2.08. The number of rotatable bonds is 4. The molecule has 5 nitrogen and oxygen atoms in total. The molecule has 0 bridgehead atoms. The number of methoxy groups -OCH3 is 1. The van der Waals surface area contributed by atoms with E-state index < -0.39 is 6.09 Å². The van der Waals surface area contributed by atoms with Crippen molar-refractivity contribution in [1.82, 2.24) is 4.98 Å². The average Bonchev–Trinajstić information content (AvgIpc) is 2.47. The molecule has 20 heavy (non-hydrogen) atoms. The van der Waals surface area contributed by atoms with Crippen molar-refractivity contribution in [2.75, 3.05) is 12.4 Å². The molecule has 0 aliphatic carbocycles. The Labute approximate surface area is 121 Å². The zero-order chi connectivity index (χ0) is 14.4. The highest BCUT2D eigenvalue weighted by Crippen LogP contribution is 2.18. The number of carbonyl (C=O) groups excluding carboxylic acids is 1. The summed E-state index contributed by atoms with van der Waals surface area (Å²) in [5, 5.41) is 3.14. The number of benzene rings is 1. The van der Waals surface area contributed by atoms with Gasteiger partial charge in [-0.2, -0.15) is 0 Å². The Bertz CT molecular complexity index is 587. The molecule has 0 aliphatic rings. The molecule has 0 atom stereocenters. The molecular weight excluding hydrogens is 280 g/mol. The molecule has 0 saturated carbocycles. The quantitative estimate of drug-likeness (QED) is 0.937. The van der Waals surface area contributed by atoms with Crippen molar-refractivity contribution >= 4 is 23.4 Å². The monoisotopic (exact) mass is 292 g/mol. The summed E-state index contributed by atoms with van der Waals surface area (Å²) < 4.78 is 10.1. The average molecular weight is 293 g/mol. The van der Waals surface area contributed by atoms with E-state index in [1.807, 2.05) is 0 Å². The topological polar surface area (TPSA) is 60.5 Å². The summed E-state index contributed by atoms with van der Waals surface area (Å²) in [7, 11) is 1.31. The Morgan fingerprint density at radius 1 is 1.35 bits per heavy atom. The van der Waals surface area contributed by atoms with Gasteiger partial charge in [0, 0.05) is 18.0 Å². The number of nitrogens with one attached hydrogen (secondary N) is 1. The fourth-order valence-corrected chi connectivity index (χ4v) is 1.59. The molecule has 0 unspecified atom stereocenters. The minimum absolute atomic E-state index is 0.318. The third-order valence-electron chi connectivity index (χ3n) is 2.44. The molecule has 1 N–H and O–H groups in total. The molecule has 1 amide bonds. The van der Waals surface area contributed by atoms with Gasteiger partial charge in [0.05, 0.1) is 17.8 Å². The first-order valence-corrected chi connectivity index (χ1v) is 6.23. The van der Waals surface area contributed by atoms with Gasteiger partial charge >= 0.3 is 6.09 Å². The molecule has 1 aromatic carbocycles. The predicted octanol–water partition coefficient (Wildman–Crippen LogP) is 3.49. The Kier molecular flexibility index (Phi) is 4.79. The lowest BCUT2D eigenvalue weighted by molar-refractivity contribution is 0.187. The summed E-state index contributed by atoms with van der Waals surface area (Å²) in [6, 6.07) is 10.5. The number of aromatic nitrogens is 1. The number of pyridine rings is 1. The van der Waals surface area contributed by atoms with Crippen LogP contribution < -0.4 is 10.1 Å². The first kappa shape index (κ1) is 14.1. The Hall–Kier alpha value is -2.27. The van der Waals surface area contributed by atoms with E-state index in [-0.39, 0.29) is 0 Å². The van der Waals surface area contributed by atoms with Crippen LogP contribution in [0.5, 0.6) is 5.75 Å². The van der Waals surface area contributed by atoms with E-state index in [0.717, 1.165) is 5.69 Å². The zero-order valence-electron chi connectivity index (χ0n) is 10.8. The highest BCUT2D eigenvalue weighted by molar-refractivity contribution is 6.30. The van der Waals surface area contributed by atoms with Gasteiger partial charge in [0.25, 0.3) is 0 Å². The maximum absolute atomic E-state index is 11.1. The fourth-order valence-electron chi connectivity index (χ4n) is 1.48. The number of amides is 1. The summed E-state index contributed by atoms with van der Waals surface area (Å²) in [4.78, 5) is 15.2. The molecule has 2 rings (SSSR count). The summed E-state index contributed by atoms with van der Waals surface area (Å²) in [5.41, 5.74) is 1.36. The molecule has 0 aliphatic heterocycles. The van der Waals surface area contributed by atoms with Gasteiger partial charge in [-0.3, -0.25) is 10.3 Å². The lowest BCUT2D eigenvalue weighted by Crippen LogP contribution is -2.10. The van der Waals surface area contributed by atoms with Crippen LogP contribution in [0.3, 0.4) is 0 Å². The number of hydrogen-bond acceptors (Lipinski definition) is 4. The summed E-state index contributed by atoms with van der Waals surface area (Å²) in [6.45, 7) is 0.318. The number of hydrogen-bond donors (Lipinski definition) is 1. The van der Waals surface area contributed by atoms with Gasteiger partial charge < -0.3 is 9.47 Å². The summed E-state index contributed by atoms with van der Waals surface area (Å²) in [6.07, 6.45) is 1.04. The zero-order valence-corrected chi connectivity index (χ0v) is 11.6. The maximum Gasteiger partial charge on any atom is 0.411 e. The minimum atomic E-state index is -0.526. The third kappa shape index (κ3) is 4.13. The molecule has 0 fully saturated rings. The predicted molar refractivity (Wildman–Crippen MR) is 76.0 cm³/mol. The normalized spacial score (nSPS) is 9.90. The van der Waals surface area contributed by atoms with E-state index in [0.29, 0.717) is 23.1 Å². The van der Waals surface area contributed by atoms with Crippen molar-refractivity contribution in [3.8, 4) is 5.75 Å². The van der Waals surface area contributed by atoms with E-state index in [1.165, 1.54) is 7.11 Å². The van der Waals surface area contributed by atoms with Crippen LogP contribution in [-0.4, -0.2) is 18.2 Å². The molecule has 0 radical (unpaired) electrons. The van der Waals surface area contributed by atoms with Gasteiger partial charge in [0.15, 0.2) is 0 Å². The highest BCUT2D eigenvalue weighted by Gasteiger charge is 2.02. The van der Waals surface area contributed by atoms with Crippen molar-refractivity contribution in [2.24, 2.45) is 0 Å².